The molecule has 3 rings (SSSR count). The van der Waals surface area contributed by atoms with Crippen LogP contribution in [0.25, 0.3) is 0 Å². The van der Waals surface area contributed by atoms with Crippen LogP contribution < -0.4 is 4.74 Å². The number of imidazole rings is 1. The van der Waals surface area contributed by atoms with Crippen LogP contribution in [0.15, 0.2) is 23.6 Å². The fourth-order valence-corrected chi connectivity index (χ4v) is 3.96. The monoisotopic (exact) mass is 357 g/mol. The molecule has 23 heavy (non-hydrogen) atoms. The molecule has 0 bridgehead atoms. The van der Waals surface area contributed by atoms with Crippen molar-refractivity contribution >= 4 is 21.6 Å². The first-order valence-electron chi connectivity index (χ1n) is 6.96. The second-order valence-corrected chi connectivity index (χ2v) is 7.69. The third kappa shape index (κ3) is 3.31. The van der Waals surface area contributed by atoms with Gasteiger partial charge in [-0.05, 0) is 6.92 Å². The van der Waals surface area contributed by atoms with E-state index in [-0.39, 0.29) is 16.1 Å². The molecular weight excluding hydrogens is 342 g/mol. The number of hydrogen-bond donors (Lipinski definition) is 0. The zero-order valence-electron chi connectivity index (χ0n) is 12.7. The van der Waals surface area contributed by atoms with E-state index in [1.54, 1.807) is 18.5 Å². The molecule has 1 aliphatic rings. The first-order valence-corrected chi connectivity index (χ1v) is 8.78. The smallest absolute Gasteiger partial charge is 0.262 e. The molecule has 8 nitrogen and oxygen atoms in total. The van der Waals surface area contributed by atoms with Crippen LogP contribution in [0.3, 0.4) is 0 Å². The lowest BCUT2D eigenvalue weighted by atomic mass is 10.1. The van der Waals surface area contributed by atoms with Crippen LogP contribution in [-0.4, -0.2) is 51.9 Å². The molecule has 2 aromatic rings. The molecule has 1 saturated heterocycles. The lowest BCUT2D eigenvalue weighted by Crippen LogP contribution is -2.51. The third-order valence-corrected chi connectivity index (χ3v) is 5.55. The highest BCUT2D eigenvalue weighted by atomic mass is 35.5. The van der Waals surface area contributed by atoms with E-state index in [1.807, 2.05) is 0 Å². The van der Waals surface area contributed by atoms with Crippen molar-refractivity contribution in [1.82, 2.24) is 23.8 Å². The summed E-state index contributed by atoms with van der Waals surface area (Å²) in [5.41, 5.74) is 0. The molecule has 0 unspecified atom stereocenters. The normalized spacial score (nSPS) is 16.3. The molecule has 0 spiro atoms. The minimum Gasteiger partial charge on any atom is -0.476 e. The van der Waals surface area contributed by atoms with Crippen molar-refractivity contribution in [3.8, 4) is 5.88 Å². The minimum absolute atomic E-state index is 0.0811. The Morgan fingerprint density at radius 1 is 1.35 bits per heavy atom. The van der Waals surface area contributed by atoms with E-state index in [1.165, 1.54) is 22.9 Å². The van der Waals surface area contributed by atoms with Gasteiger partial charge in [0.1, 0.15) is 5.82 Å². The second kappa shape index (κ2) is 6.06. The Balaban J connectivity index is 1.56. The first kappa shape index (κ1) is 16.2. The van der Waals surface area contributed by atoms with E-state index in [2.05, 4.69) is 15.0 Å². The lowest BCUT2D eigenvalue weighted by Gasteiger charge is -2.37. The van der Waals surface area contributed by atoms with Crippen molar-refractivity contribution in [2.24, 2.45) is 13.0 Å². The second-order valence-electron chi connectivity index (χ2n) is 5.42. The van der Waals surface area contributed by atoms with Crippen LogP contribution in [0.1, 0.15) is 5.82 Å². The Bertz CT molecular complexity index is 797. The van der Waals surface area contributed by atoms with E-state index in [4.69, 9.17) is 16.3 Å². The maximum Gasteiger partial charge on any atom is 0.262 e. The summed E-state index contributed by atoms with van der Waals surface area (Å²) in [6.07, 6.45) is 4.41. The van der Waals surface area contributed by atoms with Gasteiger partial charge in [-0.15, -0.1) is 0 Å². The molecule has 2 aromatic heterocycles. The van der Waals surface area contributed by atoms with Crippen LogP contribution in [0.4, 0.5) is 0 Å². The van der Waals surface area contributed by atoms with Crippen molar-refractivity contribution in [3.63, 3.8) is 0 Å². The molecule has 0 amide bonds. The predicted molar refractivity (Wildman–Crippen MR) is 82.7 cm³/mol. The number of rotatable bonds is 5. The van der Waals surface area contributed by atoms with Crippen molar-refractivity contribution in [2.75, 3.05) is 19.7 Å². The van der Waals surface area contributed by atoms with Gasteiger partial charge < -0.3 is 9.30 Å². The van der Waals surface area contributed by atoms with E-state index < -0.39 is 10.0 Å². The molecule has 10 heteroatoms. The Labute approximate surface area is 139 Å². The molecule has 1 fully saturated rings. The van der Waals surface area contributed by atoms with Crippen LogP contribution in [0.5, 0.6) is 5.88 Å². The summed E-state index contributed by atoms with van der Waals surface area (Å²) in [5, 5.41) is 0.336. The Morgan fingerprint density at radius 2 is 2.09 bits per heavy atom. The van der Waals surface area contributed by atoms with E-state index in [0.717, 1.165) is 0 Å². The van der Waals surface area contributed by atoms with Crippen molar-refractivity contribution in [1.29, 1.82) is 0 Å². The van der Waals surface area contributed by atoms with Crippen LogP contribution >= 0.6 is 11.6 Å². The van der Waals surface area contributed by atoms with E-state index >= 15 is 0 Å². The minimum atomic E-state index is -3.53. The predicted octanol–water partition coefficient (Wildman–Crippen LogP) is 0.871. The average Bonchev–Trinajstić information content (AvgIpc) is 2.77. The standard InChI is InChI=1S/C13H16ClN5O3S/c1-9-16-13(7-18(9)2)23(20,21)19-5-10(6-19)8-22-12-4-15-3-11(14)17-12/h3-4,7,10H,5-6,8H2,1-2H3. The van der Waals surface area contributed by atoms with Crippen molar-refractivity contribution < 1.29 is 13.2 Å². The quantitative estimate of drug-likeness (QED) is 0.788. The van der Waals surface area contributed by atoms with E-state index in [0.29, 0.717) is 31.4 Å². The van der Waals surface area contributed by atoms with Crippen LogP contribution in [-0.2, 0) is 17.1 Å². The van der Waals surface area contributed by atoms with Crippen molar-refractivity contribution in [3.05, 3.63) is 29.6 Å². The van der Waals surface area contributed by atoms with Gasteiger partial charge in [-0.25, -0.2) is 13.4 Å². The molecule has 1 aliphatic heterocycles. The summed E-state index contributed by atoms with van der Waals surface area (Å²) in [6, 6.07) is 0. The topological polar surface area (TPSA) is 90.2 Å². The number of aromatic nitrogens is 4. The van der Waals surface area contributed by atoms with Gasteiger partial charge in [0.2, 0.25) is 5.88 Å². The number of ether oxygens (including phenoxy) is 1. The largest absolute Gasteiger partial charge is 0.476 e. The summed E-state index contributed by atoms with van der Waals surface area (Å²) >= 11 is 5.72. The number of sulfonamides is 1. The number of hydrogen-bond acceptors (Lipinski definition) is 6. The van der Waals surface area contributed by atoms with E-state index in [9.17, 15) is 8.42 Å². The zero-order valence-corrected chi connectivity index (χ0v) is 14.3. The maximum absolute atomic E-state index is 12.4. The fourth-order valence-electron chi connectivity index (χ4n) is 2.21. The van der Waals surface area contributed by atoms with Gasteiger partial charge in [-0.1, -0.05) is 11.6 Å². The van der Waals surface area contributed by atoms with Gasteiger partial charge in [-0.3, -0.25) is 4.98 Å². The molecule has 0 atom stereocenters. The summed E-state index contributed by atoms with van der Waals surface area (Å²) in [4.78, 5) is 11.9. The first-order chi connectivity index (χ1) is 10.9. The zero-order chi connectivity index (χ0) is 16.6. The molecule has 3 heterocycles. The highest BCUT2D eigenvalue weighted by molar-refractivity contribution is 7.89. The van der Waals surface area contributed by atoms with Gasteiger partial charge in [0.25, 0.3) is 10.0 Å². The lowest BCUT2D eigenvalue weighted by molar-refractivity contribution is 0.126. The number of halogens is 1. The molecule has 0 aromatic carbocycles. The SMILES string of the molecule is Cc1nc(S(=O)(=O)N2CC(COc3cncc(Cl)n3)C2)cn1C. The highest BCUT2D eigenvalue weighted by Gasteiger charge is 2.38. The number of nitrogens with zero attached hydrogens (tertiary/aromatic N) is 5. The molecule has 124 valence electrons. The fraction of sp³-hybridized carbons (Fsp3) is 0.462. The van der Waals surface area contributed by atoms with Gasteiger partial charge >= 0.3 is 0 Å². The number of aryl methyl sites for hydroxylation is 2. The summed E-state index contributed by atoms with van der Waals surface area (Å²) in [6.45, 7) is 2.91. The molecule has 0 aliphatic carbocycles. The van der Waals surface area contributed by atoms with Gasteiger partial charge in [0.05, 0.1) is 19.0 Å². The average molecular weight is 358 g/mol. The Kier molecular flexibility index (Phi) is 4.26. The molecule has 0 radical (unpaired) electrons. The summed E-state index contributed by atoms with van der Waals surface area (Å²) in [7, 11) is -1.77. The molecule has 0 saturated carbocycles. The molecule has 0 N–H and O–H groups in total. The van der Waals surface area contributed by atoms with Crippen LogP contribution in [0.2, 0.25) is 5.15 Å². The Morgan fingerprint density at radius 3 is 2.70 bits per heavy atom. The van der Waals surface area contributed by atoms with Crippen LogP contribution in [0, 0.1) is 12.8 Å². The Hall–Kier alpha value is -1.71. The maximum atomic E-state index is 12.4. The van der Waals surface area contributed by atoms with Gasteiger partial charge in [0.15, 0.2) is 10.2 Å². The third-order valence-electron chi connectivity index (χ3n) is 3.66. The molecular formula is C13H16ClN5O3S. The highest BCUT2D eigenvalue weighted by Crippen LogP contribution is 2.25. The van der Waals surface area contributed by atoms with Gasteiger partial charge in [-0.2, -0.15) is 9.29 Å². The summed E-state index contributed by atoms with van der Waals surface area (Å²) < 4.78 is 33.4. The summed E-state index contributed by atoms with van der Waals surface area (Å²) in [5.74, 6) is 1.10. The van der Waals surface area contributed by atoms with Gasteiger partial charge in [0, 0.05) is 32.3 Å². The van der Waals surface area contributed by atoms with Crippen molar-refractivity contribution in [2.45, 2.75) is 11.9 Å².